The summed E-state index contributed by atoms with van der Waals surface area (Å²) < 4.78 is 0.946. The third-order valence-electron chi connectivity index (χ3n) is 3.00. The van der Waals surface area contributed by atoms with Crippen LogP contribution in [0.1, 0.15) is 5.56 Å². The molecule has 0 radical (unpaired) electrons. The van der Waals surface area contributed by atoms with E-state index < -0.39 is 11.2 Å². The minimum Gasteiger partial charge on any atom is -0.480 e. The van der Waals surface area contributed by atoms with Crippen LogP contribution in [0.5, 0.6) is 0 Å². The first-order valence-electron chi connectivity index (χ1n) is 6.35. The molecule has 0 aliphatic carbocycles. The molecule has 1 atom stereocenters. The summed E-state index contributed by atoms with van der Waals surface area (Å²) in [6.07, 6.45) is 1.95. The standard InChI is InChI=1S/C15H12N2O2S2/c18-15(19)12(8-10-4-2-1-3-5-10)21-14-13-11(6-7-20-13)16-9-17-14/h1-7,9,12H,8H2,(H,18,19). The van der Waals surface area contributed by atoms with E-state index in [-0.39, 0.29) is 0 Å². The molecule has 1 aromatic carbocycles. The molecule has 3 rings (SSSR count). The van der Waals surface area contributed by atoms with Gasteiger partial charge in [-0.1, -0.05) is 42.1 Å². The van der Waals surface area contributed by atoms with Crippen molar-refractivity contribution in [3.63, 3.8) is 0 Å². The monoisotopic (exact) mass is 316 g/mol. The Kier molecular flexibility index (Phi) is 4.17. The summed E-state index contributed by atoms with van der Waals surface area (Å²) in [5, 5.41) is 11.6. The van der Waals surface area contributed by atoms with E-state index in [1.54, 1.807) is 0 Å². The molecule has 4 nitrogen and oxygen atoms in total. The summed E-state index contributed by atoms with van der Waals surface area (Å²) in [6, 6.07) is 11.6. The Labute approximate surface area is 129 Å². The molecular weight excluding hydrogens is 304 g/mol. The molecule has 21 heavy (non-hydrogen) atoms. The molecule has 0 aliphatic rings. The summed E-state index contributed by atoms with van der Waals surface area (Å²) in [5.74, 6) is -0.827. The zero-order valence-electron chi connectivity index (χ0n) is 11.0. The van der Waals surface area contributed by atoms with Gasteiger partial charge in [0.05, 0.1) is 10.2 Å². The first kappa shape index (κ1) is 14.0. The number of thioether (sulfide) groups is 1. The van der Waals surface area contributed by atoms with Gasteiger partial charge in [-0.15, -0.1) is 11.3 Å². The predicted octanol–water partition coefficient (Wildman–Crippen LogP) is 3.48. The number of hydrogen-bond donors (Lipinski definition) is 1. The van der Waals surface area contributed by atoms with Crippen LogP contribution in [-0.2, 0) is 11.2 Å². The van der Waals surface area contributed by atoms with E-state index in [0.717, 1.165) is 20.8 Å². The number of aliphatic carboxylic acids is 1. The molecule has 0 bridgehead atoms. The number of thiophene rings is 1. The number of hydrogen-bond acceptors (Lipinski definition) is 5. The van der Waals surface area contributed by atoms with Crippen LogP contribution in [0, 0.1) is 0 Å². The molecule has 0 saturated carbocycles. The fourth-order valence-corrected chi connectivity index (χ4v) is 3.98. The molecule has 0 saturated heterocycles. The fraction of sp³-hybridized carbons (Fsp3) is 0.133. The highest BCUT2D eigenvalue weighted by molar-refractivity contribution is 8.00. The highest BCUT2D eigenvalue weighted by Crippen LogP contribution is 2.32. The summed E-state index contributed by atoms with van der Waals surface area (Å²) in [4.78, 5) is 19.9. The van der Waals surface area contributed by atoms with Crippen LogP contribution < -0.4 is 0 Å². The maximum absolute atomic E-state index is 11.5. The van der Waals surface area contributed by atoms with Gasteiger partial charge in [-0.05, 0) is 23.4 Å². The molecule has 0 spiro atoms. The second-order valence-corrected chi connectivity index (χ2v) is 6.56. The first-order valence-corrected chi connectivity index (χ1v) is 8.11. The van der Waals surface area contributed by atoms with Crippen LogP contribution in [-0.4, -0.2) is 26.3 Å². The molecular formula is C15H12N2O2S2. The van der Waals surface area contributed by atoms with E-state index in [2.05, 4.69) is 9.97 Å². The molecule has 1 unspecified atom stereocenters. The molecule has 6 heteroatoms. The van der Waals surface area contributed by atoms with E-state index in [9.17, 15) is 9.90 Å². The first-order chi connectivity index (χ1) is 10.2. The topological polar surface area (TPSA) is 63.1 Å². The number of fused-ring (bicyclic) bond motifs is 1. The van der Waals surface area contributed by atoms with E-state index >= 15 is 0 Å². The van der Waals surface area contributed by atoms with Gasteiger partial charge in [0.15, 0.2) is 0 Å². The molecule has 0 fully saturated rings. The van der Waals surface area contributed by atoms with E-state index in [1.165, 1.54) is 29.4 Å². The summed E-state index contributed by atoms with van der Waals surface area (Å²) >= 11 is 2.82. The second kappa shape index (κ2) is 6.24. The second-order valence-electron chi connectivity index (χ2n) is 4.45. The van der Waals surface area contributed by atoms with Crippen LogP contribution in [0.2, 0.25) is 0 Å². The lowest BCUT2D eigenvalue weighted by atomic mass is 10.1. The van der Waals surface area contributed by atoms with Crippen molar-refractivity contribution < 1.29 is 9.90 Å². The lowest BCUT2D eigenvalue weighted by molar-refractivity contribution is -0.136. The molecule has 1 N–H and O–H groups in total. The lowest BCUT2D eigenvalue weighted by Gasteiger charge is -2.11. The van der Waals surface area contributed by atoms with Crippen molar-refractivity contribution in [1.82, 2.24) is 9.97 Å². The van der Waals surface area contributed by atoms with Crippen LogP contribution in [0.15, 0.2) is 53.1 Å². The minimum absolute atomic E-state index is 0.470. The Bertz CT molecular complexity index is 758. The summed E-state index contributed by atoms with van der Waals surface area (Å²) in [5.41, 5.74) is 1.87. The number of carboxylic acid groups (broad SMARTS) is 1. The van der Waals surface area contributed by atoms with E-state index in [0.29, 0.717) is 6.42 Å². The zero-order chi connectivity index (χ0) is 14.7. The Balaban J connectivity index is 1.85. The Morgan fingerprint density at radius 1 is 1.24 bits per heavy atom. The normalized spacial score (nSPS) is 12.4. The number of benzene rings is 1. The van der Waals surface area contributed by atoms with Crippen molar-refractivity contribution in [2.45, 2.75) is 16.7 Å². The third kappa shape index (κ3) is 3.22. The van der Waals surface area contributed by atoms with Crippen molar-refractivity contribution in [2.24, 2.45) is 0 Å². The average Bonchev–Trinajstić information content (AvgIpc) is 2.97. The van der Waals surface area contributed by atoms with Crippen LogP contribution in [0.4, 0.5) is 0 Å². The molecule has 3 aromatic rings. The SMILES string of the molecule is O=C(O)C(Cc1ccccc1)Sc1ncnc2ccsc12. The summed E-state index contributed by atoms with van der Waals surface area (Å²) in [6.45, 7) is 0. The molecule has 2 aromatic heterocycles. The molecule has 106 valence electrons. The summed E-state index contributed by atoms with van der Waals surface area (Å²) in [7, 11) is 0. The van der Waals surface area contributed by atoms with Gasteiger partial charge < -0.3 is 5.11 Å². The van der Waals surface area contributed by atoms with Crippen LogP contribution in [0.3, 0.4) is 0 Å². The van der Waals surface area contributed by atoms with Gasteiger partial charge in [0, 0.05) is 0 Å². The van der Waals surface area contributed by atoms with Gasteiger partial charge in [-0.25, -0.2) is 9.97 Å². The number of nitrogens with zero attached hydrogens (tertiary/aromatic N) is 2. The van der Waals surface area contributed by atoms with Crippen LogP contribution in [0.25, 0.3) is 10.2 Å². The van der Waals surface area contributed by atoms with Gasteiger partial charge in [-0.2, -0.15) is 0 Å². The van der Waals surface area contributed by atoms with Gasteiger partial charge >= 0.3 is 5.97 Å². The lowest BCUT2D eigenvalue weighted by Crippen LogP contribution is -2.19. The van der Waals surface area contributed by atoms with Crippen molar-refractivity contribution >= 4 is 39.3 Å². The number of carboxylic acids is 1. The van der Waals surface area contributed by atoms with Crippen molar-refractivity contribution in [3.8, 4) is 0 Å². The van der Waals surface area contributed by atoms with Gasteiger partial charge in [0.25, 0.3) is 0 Å². The minimum atomic E-state index is -0.827. The number of carbonyl (C=O) groups is 1. The van der Waals surface area contributed by atoms with Crippen molar-refractivity contribution in [1.29, 1.82) is 0 Å². The van der Waals surface area contributed by atoms with Crippen molar-refractivity contribution in [2.75, 3.05) is 0 Å². The largest absolute Gasteiger partial charge is 0.480 e. The quantitative estimate of drug-likeness (QED) is 0.577. The molecule has 0 aliphatic heterocycles. The predicted molar refractivity (Wildman–Crippen MR) is 84.8 cm³/mol. The number of rotatable bonds is 5. The van der Waals surface area contributed by atoms with Gasteiger partial charge in [-0.3, -0.25) is 4.79 Å². The molecule has 0 amide bonds. The Morgan fingerprint density at radius 2 is 2.05 bits per heavy atom. The van der Waals surface area contributed by atoms with E-state index in [1.807, 2.05) is 41.8 Å². The maximum Gasteiger partial charge on any atom is 0.317 e. The smallest absolute Gasteiger partial charge is 0.317 e. The highest BCUT2D eigenvalue weighted by Gasteiger charge is 2.21. The highest BCUT2D eigenvalue weighted by atomic mass is 32.2. The third-order valence-corrected chi connectivity index (χ3v) is 5.23. The van der Waals surface area contributed by atoms with E-state index in [4.69, 9.17) is 0 Å². The van der Waals surface area contributed by atoms with Crippen LogP contribution >= 0.6 is 23.1 Å². The fourth-order valence-electron chi connectivity index (χ4n) is 1.99. The molecule has 2 heterocycles. The van der Waals surface area contributed by atoms with Gasteiger partial charge in [0.1, 0.15) is 16.6 Å². The average molecular weight is 316 g/mol. The zero-order valence-corrected chi connectivity index (χ0v) is 12.6. The Hall–Kier alpha value is -1.92. The van der Waals surface area contributed by atoms with Crippen molar-refractivity contribution in [3.05, 3.63) is 53.7 Å². The Morgan fingerprint density at radius 3 is 2.81 bits per heavy atom. The van der Waals surface area contributed by atoms with Gasteiger partial charge in [0.2, 0.25) is 0 Å². The number of aromatic nitrogens is 2. The maximum atomic E-state index is 11.5.